The molecule has 2 N–H and O–H groups in total. The third kappa shape index (κ3) is 3.12. The van der Waals surface area contributed by atoms with Gasteiger partial charge in [-0.2, -0.15) is 5.10 Å². The van der Waals surface area contributed by atoms with Crippen LogP contribution in [0.3, 0.4) is 0 Å². The van der Waals surface area contributed by atoms with E-state index in [4.69, 9.17) is 5.11 Å². The summed E-state index contributed by atoms with van der Waals surface area (Å²) in [4.78, 5) is 19.8. The fourth-order valence-corrected chi connectivity index (χ4v) is 5.09. The van der Waals surface area contributed by atoms with Crippen LogP contribution in [-0.2, 0) is 19.3 Å². The first-order chi connectivity index (χ1) is 13.7. The molecule has 1 aliphatic carbocycles. The van der Waals surface area contributed by atoms with Gasteiger partial charge in [0.15, 0.2) is 16.6 Å². The third-order valence-electron chi connectivity index (χ3n) is 4.73. The molecule has 0 saturated heterocycles. The average Bonchev–Trinajstić information content (AvgIpc) is 3.42. The van der Waals surface area contributed by atoms with Crippen LogP contribution in [0.15, 0.2) is 29.6 Å². The van der Waals surface area contributed by atoms with E-state index in [9.17, 15) is 4.79 Å². The minimum atomic E-state index is -1.01. The summed E-state index contributed by atoms with van der Waals surface area (Å²) >= 11 is 2.94. The van der Waals surface area contributed by atoms with E-state index in [2.05, 4.69) is 31.5 Å². The molecule has 0 radical (unpaired) electrons. The molecule has 9 heteroatoms. The zero-order valence-electron chi connectivity index (χ0n) is 14.7. The lowest BCUT2D eigenvalue weighted by atomic mass is 10.1. The Labute approximate surface area is 168 Å². The summed E-state index contributed by atoms with van der Waals surface area (Å²) in [6.07, 6.45) is 3.46. The number of aromatic carboxylic acids is 1. The first kappa shape index (κ1) is 17.2. The van der Waals surface area contributed by atoms with Gasteiger partial charge in [0.2, 0.25) is 0 Å². The number of carbonyl (C=O) groups is 1. The van der Waals surface area contributed by atoms with Gasteiger partial charge in [0.1, 0.15) is 0 Å². The molecule has 0 unspecified atom stereocenters. The second kappa shape index (κ2) is 6.92. The Hall–Kier alpha value is -2.91. The SMILES string of the molecule is O=C(O)c1csc(Cc2nnc(Nc3nc4ccccc4s3)c3c2CCC3)n1. The first-order valence-corrected chi connectivity index (χ1v) is 10.5. The van der Waals surface area contributed by atoms with Gasteiger partial charge < -0.3 is 10.4 Å². The van der Waals surface area contributed by atoms with E-state index in [0.717, 1.165) is 51.1 Å². The van der Waals surface area contributed by atoms with E-state index in [1.165, 1.54) is 22.5 Å². The molecule has 0 fully saturated rings. The second-order valence-electron chi connectivity index (χ2n) is 6.53. The van der Waals surface area contributed by atoms with Crippen molar-refractivity contribution in [2.75, 3.05) is 5.32 Å². The summed E-state index contributed by atoms with van der Waals surface area (Å²) in [6.45, 7) is 0. The maximum Gasteiger partial charge on any atom is 0.355 e. The summed E-state index contributed by atoms with van der Waals surface area (Å²) in [6, 6.07) is 8.03. The highest BCUT2D eigenvalue weighted by atomic mass is 32.1. The number of anilines is 2. The van der Waals surface area contributed by atoms with Crippen LogP contribution >= 0.6 is 22.7 Å². The number of para-hydroxylation sites is 1. The molecule has 0 saturated carbocycles. The summed E-state index contributed by atoms with van der Waals surface area (Å²) in [7, 11) is 0. The lowest BCUT2D eigenvalue weighted by molar-refractivity contribution is 0.0691. The first-order valence-electron chi connectivity index (χ1n) is 8.85. The normalized spacial score (nSPS) is 13.0. The van der Waals surface area contributed by atoms with Crippen molar-refractivity contribution < 1.29 is 9.90 Å². The third-order valence-corrected chi connectivity index (χ3v) is 6.53. The lowest BCUT2D eigenvalue weighted by Crippen LogP contribution is -2.06. The Bertz CT molecular complexity index is 1170. The number of nitrogens with one attached hydrogen (secondary N) is 1. The highest BCUT2D eigenvalue weighted by Crippen LogP contribution is 2.34. The summed E-state index contributed by atoms with van der Waals surface area (Å²) in [5, 5.41) is 24.4. The highest BCUT2D eigenvalue weighted by Gasteiger charge is 2.23. The van der Waals surface area contributed by atoms with Crippen LogP contribution < -0.4 is 5.32 Å². The molecule has 0 bridgehead atoms. The van der Waals surface area contributed by atoms with Crippen LogP contribution in [0.5, 0.6) is 0 Å². The number of carboxylic acid groups (broad SMARTS) is 1. The number of benzene rings is 1. The van der Waals surface area contributed by atoms with Gasteiger partial charge in [-0.3, -0.25) is 0 Å². The second-order valence-corrected chi connectivity index (χ2v) is 8.50. The maximum absolute atomic E-state index is 11.0. The molecule has 140 valence electrons. The lowest BCUT2D eigenvalue weighted by Gasteiger charge is -2.10. The predicted molar refractivity (Wildman–Crippen MR) is 109 cm³/mol. The van der Waals surface area contributed by atoms with Gasteiger partial charge in [0, 0.05) is 17.4 Å². The van der Waals surface area contributed by atoms with Gasteiger partial charge in [-0.25, -0.2) is 14.8 Å². The fourth-order valence-electron chi connectivity index (χ4n) is 3.46. The number of aromatic nitrogens is 4. The predicted octanol–water partition coefficient (Wildman–Crippen LogP) is 4.06. The van der Waals surface area contributed by atoms with Crippen LogP contribution in [0.2, 0.25) is 0 Å². The molecule has 0 amide bonds. The average molecular weight is 409 g/mol. The largest absolute Gasteiger partial charge is 0.476 e. The molecule has 0 spiro atoms. The number of rotatable bonds is 5. The Morgan fingerprint density at radius 2 is 2.00 bits per heavy atom. The minimum absolute atomic E-state index is 0.0822. The van der Waals surface area contributed by atoms with Crippen molar-refractivity contribution in [2.24, 2.45) is 0 Å². The van der Waals surface area contributed by atoms with Crippen molar-refractivity contribution in [1.82, 2.24) is 20.2 Å². The van der Waals surface area contributed by atoms with E-state index in [-0.39, 0.29) is 5.69 Å². The van der Waals surface area contributed by atoms with E-state index < -0.39 is 5.97 Å². The standard InChI is InChI=1S/C19H15N5O2S2/c25-18(26)14-9-27-16(20-14)8-13-10-4-3-5-11(10)17(24-23-13)22-19-21-12-6-1-2-7-15(12)28-19/h1-2,6-7,9H,3-5,8H2,(H,25,26)(H,21,22,24). The molecular formula is C19H15N5O2S2. The summed E-state index contributed by atoms with van der Waals surface area (Å²) < 4.78 is 1.13. The van der Waals surface area contributed by atoms with E-state index in [0.29, 0.717) is 6.42 Å². The molecule has 3 aromatic heterocycles. The van der Waals surface area contributed by atoms with Crippen molar-refractivity contribution >= 4 is 49.8 Å². The van der Waals surface area contributed by atoms with Gasteiger partial charge in [0.05, 0.1) is 20.9 Å². The van der Waals surface area contributed by atoms with Crippen LogP contribution in [-0.4, -0.2) is 31.2 Å². The molecule has 1 aromatic carbocycles. The Balaban J connectivity index is 1.44. The number of carboxylic acids is 1. The van der Waals surface area contributed by atoms with Crippen molar-refractivity contribution in [3.63, 3.8) is 0 Å². The van der Waals surface area contributed by atoms with Crippen LogP contribution in [0, 0.1) is 0 Å². The molecule has 4 aromatic rings. The number of thiazole rings is 2. The zero-order chi connectivity index (χ0) is 19.1. The molecule has 7 nitrogen and oxygen atoms in total. The molecule has 0 atom stereocenters. The monoisotopic (exact) mass is 409 g/mol. The minimum Gasteiger partial charge on any atom is -0.476 e. The van der Waals surface area contributed by atoms with Gasteiger partial charge in [-0.1, -0.05) is 23.5 Å². The van der Waals surface area contributed by atoms with E-state index in [1.54, 1.807) is 16.7 Å². The smallest absolute Gasteiger partial charge is 0.355 e. The molecule has 3 heterocycles. The van der Waals surface area contributed by atoms with E-state index in [1.807, 2.05) is 18.2 Å². The molecule has 1 aliphatic rings. The van der Waals surface area contributed by atoms with Crippen molar-refractivity contribution in [3.8, 4) is 0 Å². The molecule has 28 heavy (non-hydrogen) atoms. The Kier molecular flexibility index (Phi) is 4.25. The Morgan fingerprint density at radius 3 is 2.82 bits per heavy atom. The quantitative estimate of drug-likeness (QED) is 0.512. The Morgan fingerprint density at radius 1 is 1.14 bits per heavy atom. The summed E-state index contributed by atoms with van der Waals surface area (Å²) in [5.41, 5.74) is 4.31. The molecule has 0 aliphatic heterocycles. The molecular weight excluding hydrogens is 394 g/mol. The number of hydrogen-bond acceptors (Lipinski definition) is 8. The number of nitrogens with zero attached hydrogens (tertiary/aromatic N) is 4. The van der Waals surface area contributed by atoms with Crippen molar-refractivity contribution in [3.05, 3.63) is 57.2 Å². The van der Waals surface area contributed by atoms with Crippen LogP contribution in [0.1, 0.15) is 38.7 Å². The zero-order valence-corrected chi connectivity index (χ0v) is 16.3. The van der Waals surface area contributed by atoms with Gasteiger partial charge >= 0.3 is 5.97 Å². The number of hydrogen-bond donors (Lipinski definition) is 2. The van der Waals surface area contributed by atoms with Crippen LogP contribution in [0.4, 0.5) is 10.9 Å². The fraction of sp³-hybridized carbons (Fsp3) is 0.211. The van der Waals surface area contributed by atoms with Gasteiger partial charge in [0.25, 0.3) is 0 Å². The number of fused-ring (bicyclic) bond motifs is 2. The summed E-state index contributed by atoms with van der Waals surface area (Å²) in [5.74, 6) is -0.241. The maximum atomic E-state index is 11.0. The van der Waals surface area contributed by atoms with Gasteiger partial charge in [-0.15, -0.1) is 16.4 Å². The van der Waals surface area contributed by atoms with Crippen molar-refractivity contribution in [1.29, 1.82) is 0 Å². The van der Waals surface area contributed by atoms with Crippen LogP contribution in [0.25, 0.3) is 10.2 Å². The molecule has 5 rings (SSSR count). The topological polar surface area (TPSA) is 101 Å². The van der Waals surface area contributed by atoms with Crippen molar-refractivity contribution in [2.45, 2.75) is 25.7 Å². The van der Waals surface area contributed by atoms with Gasteiger partial charge in [-0.05, 0) is 37.0 Å². The van der Waals surface area contributed by atoms with E-state index >= 15 is 0 Å². The highest BCUT2D eigenvalue weighted by molar-refractivity contribution is 7.22.